The van der Waals surface area contributed by atoms with Gasteiger partial charge in [-0.05, 0) is 6.07 Å². The molecule has 0 saturated carbocycles. The second kappa shape index (κ2) is 3.01. The second-order valence-corrected chi connectivity index (χ2v) is 2.78. The predicted molar refractivity (Wildman–Crippen MR) is 43.5 cm³/mol. The van der Waals surface area contributed by atoms with Gasteiger partial charge in [0, 0.05) is 6.07 Å². The molecule has 2 rings (SSSR count). The van der Waals surface area contributed by atoms with Crippen LogP contribution in [0.5, 0.6) is 0 Å². The summed E-state index contributed by atoms with van der Waals surface area (Å²) < 4.78 is 41.1. The number of halogens is 3. The molecule has 0 radical (unpaired) electrons. The van der Waals surface area contributed by atoms with E-state index < -0.39 is 11.9 Å². The van der Waals surface area contributed by atoms with Gasteiger partial charge in [-0.3, -0.25) is 5.10 Å². The summed E-state index contributed by atoms with van der Waals surface area (Å²) in [5, 5.41) is 8.73. The zero-order chi connectivity index (χ0) is 11.1. The van der Waals surface area contributed by atoms with E-state index in [0.29, 0.717) is 0 Å². The minimum atomic E-state index is -4.46. The molecule has 80 valence electrons. The fourth-order valence-electron chi connectivity index (χ4n) is 1.01. The third-order valence-corrected chi connectivity index (χ3v) is 1.67. The monoisotopic (exact) mass is 218 g/mol. The molecule has 0 unspecified atom stereocenters. The molecule has 2 aromatic rings. The van der Waals surface area contributed by atoms with E-state index in [1.165, 1.54) is 6.07 Å². The molecule has 0 aliphatic rings. The molecule has 0 spiro atoms. The maximum absolute atomic E-state index is 12.2. The Labute approximate surface area is 81.1 Å². The fraction of sp³-hybridized carbons (Fsp3) is 0.143. The van der Waals surface area contributed by atoms with E-state index >= 15 is 0 Å². The number of anilines is 1. The quantitative estimate of drug-likeness (QED) is 0.762. The number of aromatic amines is 1. The van der Waals surface area contributed by atoms with Gasteiger partial charge in [0.15, 0.2) is 0 Å². The number of H-pyrrole nitrogens is 1. The Morgan fingerprint density at radius 2 is 2.00 bits per heavy atom. The number of rotatable bonds is 1. The lowest BCUT2D eigenvalue weighted by Gasteiger charge is -1.99. The van der Waals surface area contributed by atoms with Crippen LogP contribution in [0, 0.1) is 0 Å². The molecule has 0 bridgehead atoms. The second-order valence-electron chi connectivity index (χ2n) is 2.78. The zero-order valence-electron chi connectivity index (χ0n) is 7.17. The van der Waals surface area contributed by atoms with Crippen LogP contribution in [0.1, 0.15) is 5.69 Å². The standard InChI is InChI=1S/C7H5F3N4O/c8-7(9,10)5-1-3(12-13-5)4-2-6(11)15-14-4/h1-2H,11H2,(H,12,13). The van der Waals surface area contributed by atoms with Gasteiger partial charge in [-0.1, -0.05) is 5.16 Å². The van der Waals surface area contributed by atoms with Crippen molar-refractivity contribution in [2.45, 2.75) is 6.18 Å². The molecular weight excluding hydrogens is 213 g/mol. The van der Waals surface area contributed by atoms with Gasteiger partial charge in [-0.2, -0.15) is 18.3 Å². The Bertz CT molecular complexity index is 473. The molecule has 0 saturated heterocycles. The lowest BCUT2D eigenvalue weighted by molar-refractivity contribution is -0.141. The van der Waals surface area contributed by atoms with Crippen LogP contribution >= 0.6 is 0 Å². The smallest absolute Gasteiger partial charge is 0.368 e. The van der Waals surface area contributed by atoms with E-state index in [2.05, 4.69) is 14.8 Å². The molecule has 8 heteroatoms. The third kappa shape index (κ3) is 1.78. The maximum atomic E-state index is 12.2. The number of nitrogen functional groups attached to an aromatic ring is 1. The summed E-state index contributed by atoms with van der Waals surface area (Å²) in [6, 6.07) is 2.12. The fourth-order valence-corrected chi connectivity index (χ4v) is 1.01. The number of aromatic nitrogens is 3. The van der Waals surface area contributed by atoms with Crippen LogP contribution in [-0.2, 0) is 6.18 Å². The first kappa shape index (κ1) is 9.56. The minimum absolute atomic E-state index is 0.0153. The summed E-state index contributed by atoms with van der Waals surface area (Å²) in [4.78, 5) is 0. The highest BCUT2D eigenvalue weighted by atomic mass is 19.4. The highest BCUT2D eigenvalue weighted by Crippen LogP contribution is 2.30. The van der Waals surface area contributed by atoms with Gasteiger partial charge in [0.2, 0.25) is 5.88 Å². The number of hydrogen-bond donors (Lipinski definition) is 2. The minimum Gasteiger partial charge on any atom is -0.368 e. The molecule has 5 nitrogen and oxygen atoms in total. The van der Waals surface area contributed by atoms with Crippen molar-refractivity contribution in [3.63, 3.8) is 0 Å². The molecule has 0 atom stereocenters. The van der Waals surface area contributed by atoms with Crippen LogP contribution in [0.2, 0.25) is 0 Å². The average molecular weight is 218 g/mol. The first-order valence-corrected chi connectivity index (χ1v) is 3.82. The van der Waals surface area contributed by atoms with Crippen molar-refractivity contribution in [1.82, 2.24) is 15.4 Å². The van der Waals surface area contributed by atoms with Gasteiger partial charge in [0.05, 0.1) is 0 Å². The van der Waals surface area contributed by atoms with E-state index in [1.807, 2.05) is 5.10 Å². The maximum Gasteiger partial charge on any atom is 0.432 e. The van der Waals surface area contributed by atoms with E-state index in [1.54, 1.807) is 0 Å². The van der Waals surface area contributed by atoms with Crippen LogP contribution in [0.4, 0.5) is 19.1 Å². The van der Waals surface area contributed by atoms with Gasteiger partial charge >= 0.3 is 6.18 Å². The number of nitrogens with zero attached hydrogens (tertiary/aromatic N) is 2. The first-order valence-electron chi connectivity index (χ1n) is 3.82. The normalized spacial score (nSPS) is 11.9. The van der Waals surface area contributed by atoms with Crippen LogP contribution in [0.25, 0.3) is 11.4 Å². The number of nitrogens with two attached hydrogens (primary N) is 1. The predicted octanol–water partition coefficient (Wildman–Crippen LogP) is 1.67. The number of hydrogen-bond acceptors (Lipinski definition) is 4. The van der Waals surface area contributed by atoms with Crippen LogP contribution in [0.3, 0.4) is 0 Å². The Hall–Kier alpha value is -1.99. The van der Waals surface area contributed by atoms with E-state index in [9.17, 15) is 13.2 Å². The summed E-state index contributed by atoms with van der Waals surface area (Å²) in [5.74, 6) is 0.0153. The molecule has 0 amide bonds. The van der Waals surface area contributed by atoms with Crippen molar-refractivity contribution in [2.24, 2.45) is 0 Å². The highest BCUT2D eigenvalue weighted by molar-refractivity contribution is 5.56. The molecule has 15 heavy (non-hydrogen) atoms. The first-order chi connectivity index (χ1) is 6.97. The van der Waals surface area contributed by atoms with Crippen molar-refractivity contribution in [1.29, 1.82) is 0 Å². The summed E-state index contributed by atoms with van der Waals surface area (Å²) in [5.41, 5.74) is 4.46. The summed E-state index contributed by atoms with van der Waals surface area (Å²) in [6.07, 6.45) is -4.46. The molecule has 0 aromatic carbocycles. The van der Waals surface area contributed by atoms with Crippen molar-refractivity contribution < 1.29 is 17.7 Å². The van der Waals surface area contributed by atoms with Crippen molar-refractivity contribution >= 4 is 5.88 Å². The van der Waals surface area contributed by atoms with Crippen LogP contribution in [0.15, 0.2) is 16.7 Å². The summed E-state index contributed by atoms with van der Waals surface area (Å²) >= 11 is 0. The zero-order valence-corrected chi connectivity index (χ0v) is 7.17. The van der Waals surface area contributed by atoms with Crippen LogP contribution < -0.4 is 5.73 Å². The lowest BCUT2D eigenvalue weighted by Crippen LogP contribution is -2.04. The summed E-state index contributed by atoms with van der Waals surface area (Å²) in [6.45, 7) is 0. The Balaban J connectivity index is 2.36. The molecule has 0 aliphatic heterocycles. The SMILES string of the molecule is Nc1cc(-c2cc(C(F)(F)F)[nH]n2)no1. The topological polar surface area (TPSA) is 80.7 Å². The highest BCUT2D eigenvalue weighted by Gasteiger charge is 2.33. The van der Waals surface area contributed by atoms with Gasteiger partial charge < -0.3 is 10.3 Å². The molecule has 0 aliphatic carbocycles. The molecule has 0 fully saturated rings. The van der Waals surface area contributed by atoms with Gasteiger partial charge in [0.1, 0.15) is 17.1 Å². The van der Waals surface area contributed by atoms with Gasteiger partial charge in [-0.25, -0.2) is 0 Å². The Kier molecular flexibility index (Phi) is 1.92. The molecular formula is C7H5F3N4O. The Morgan fingerprint density at radius 3 is 2.47 bits per heavy atom. The van der Waals surface area contributed by atoms with Crippen molar-refractivity contribution in [3.8, 4) is 11.4 Å². The lowest BCUT2D eigenvalue weighted by atomic mass is 10.3. The molecule has 3 N–H and O–H groups in total. The van der Waals surface area contributed by atoms with E-state index in [0.717, 1.165) is 6.07 Å². The third-order valence-electron chi connectivity index (χ3n) is 1.67. The van der Waals surface area contributed by atoms with E-state index in [4.69, 9.17) is 5.73 Å². The van der Waals surface area contributed by atoms with Crippen molar-refractivity contribution in [3.05, 3.63) is 17.8 Å². The molecule has 2 heterocycles. The van der Waals surface area contributed by atoms with E-state index in [-0.39, 0.29) is 17.3 Å². The van der Waals surface area contributed by atoms with Gasteiger partial charge in [-0.15, -0.1) is 0 Å². The van der Waals surface area contributed by atoms with Gasteiger partial charge in [0.25, 0.3) is 0 Å². The number of nitrogens with one attached hydrogen (secondary N) is 1. The Morgan fingerprint density at radius 1 is 1.27 bits per heavy atom. The summed E-state index contributed by atoms with van der Waals surface area (Å²) in [7, 11) is 0. The van der Waals surface area contributed by atoms with Crippen LogP contribution in [-0.4, -0.2) is 15.4 Å². The van der Waals surface area contributed by atoms with Crippen molar-refractivity contribution in [2.75, 3.05) is 5.73 Å². The average Bonchev–Trinajstić information content (AvgIpc) is 2.69. The number of alkyl halides is 3. The molecule has 2 aromatic heterocycles. The largest absolute Gasteiger partial charge is 0.432 e.